The third-order valence-corrected chi connectivity index (χ3v) is 3.13. The smallest absolute Gasteiger partial charge is 0.119 e. The van der Waals surface area contributed by atoms with Gasteiger partial charge in [0.05, 0.1) is 6.10 Å². The molecule has 0 aliphatic carbocycles. The topological polar surface area (TPSA) is 32.7 Å². The molecular formula is C17H27NO2. The number of unbranched alkanes of at least 4 members (excludes halogenated alkanes) is 1. The molecule has 0 saturated carbocycles. The van der Waals surface area contributed by atoms with Crippen molar-refractivity contribution in [2.24, 2.45) is 0 Å². The summed E-state index contributed by atoms with van der Waals surface area (Å²) in [6.07, 6.45) is 1.89. The monoisotopic (exact) mass is 277 g/mol. The van der Waals surface area contributed by atoms with Crippen LogP contribution in [0.5, 0.6) is 5.75 Å². The number of rotatable bonds is 9. The number of nitrogens with zero attached hydrogens (tertiary/aromatic N) is 1. The van der Waals surface area contributed by atoms with Crippen LogP contribution in [0.1, 0.15) is 38.4 Å². The van der Waals surface area contributed by atoms with Gasteiger partial charge in [-0.05, 0) is 50.2 Å². The van der Waals surface area contributed by atoms with Gasteiger partial charge in [0.2, 0.25) is 0 Å². The van der Waals surface area contributed by atoms with Gasteiger partial charge in [-0.25, -0.2) is 0 Å². The lowest BCUT2D eigenvalue weighted by Crippen LogP contribution is -2.25. The number of benzene rings is 1. The van der Waals surface area contributed by atoms with Gasteiger partial charge < -0.3 is 14.7 Å². The van der Waals surface area contributed by atoms with Gasteiger partial charge in [-0.1, -0.05) is 32.1 Å². The van der Waals surface area contributed by atoms with Crippen LogP contribution in [0.4, 0.5) is 0 Å². The molecule has 1 rings (SSSR count). The van der Waals surface area contributed by atoms with E-state index in [1.165, 1.54) is 6.42 Å². The van der Waals surface area contributed by atoms with Gasteiger partial charge in [-0.15, -0.1) is 0 Å². The molecule has 3 heteroatoms. The lowest BCUT2D eigenvalue weighted by molar-refractivity contribution is 0.126. The Balaban J connectivity index is 2.48. The van der Waals surface area contributed by atoms with E-state index in [1.54, 1.807) is 0 Å². The second-order valence-electron chi connectivity index (χ2n) is 5.45. The highest BCUT2D eigenvalue weighted by atomic mass is 16.5. The molecule has 1 atom stereocenters. The Morgan fingerprint density at radius 3 is 2.55 bits per heavy atom. The van der Waals surface area contributed by atoms with E-state index in [4.69, 9.17) is 4.74 Å². The predicted molar refractivity (Wildman–Crippen MR) is 84.1 cm³/mol. The minimum Gasteiger partial charge on any atom is -0.489 e. The van der Waals surface area contributed by atoms with Crippen molar-refractivity contribution in [3.8, 4) is 5.75 Å². The maximum Gasteiger partial charge on any atom is 0.119 e. The minimum absolute atomic E-state index is 0.452. The molecule has 1 aromatic carbocycles. The highest BCUT2D eigenvalue weighted by Crippen LogP contribution is 2.19. The molecule has 112 valence electrons. The molecule has 1 aromatic rings. The summed E-state index contributed by atoms with van der Waals surface area (Å²) in [7, 11) is 2.04. The van der Waals surface area contributed by atoms with E-state index in [9.17, 15) is 5.11 Å². The average molecular weight is 277 g/mol. The zero-order chi connectivity index (χ0) is 15.0. The SMILES string of the molecule is C=C(C)COc1ccc(C(O)CN(C)CCCC)cc1. The Bertz CT molecular complexity index is 400. The van der Waals surface area contributed by atoms with Crippen molar-refractivity contribution < 1.29 is 9.84 Å². The molecule has 0 amide bonds. The van der Waals surface area contributed by atoms with Crippen molar-refractivity contribution in [2.75, 3.05) is 26.7 Å². The number of likely N-dealkylation sites (N-methyl/N-ethyl adjacent to an activating group) is 1. The van der Waals surface area contributed by atoms with E-state index in [0.29, 0.717) is 13.2 Å². The van der Waals surface area contributed by atoms with Crippen LogP contribution < -0.4 is 4.74 Å². The molecule has 1 N–H and O–H groups in total. The van der Waals surface area contributed by atoms with Gasteiger partial charge in [-0.2, -0.15) is 0 Å². The summed E-state index contributed by atoms with van der Waals surface area (Å²) >= 11 is 0. The molecule has 0 aliphatic rings. The van der Waals surface area contributed by atoms with Crippen LogP contribution in [-0.4, -0.2) is 36.8 Å². The zero-order valence-corrected chi connectivity index (χ0v) is 12.9. The van der Waals surface area contributed by atoms with Crippen LogP contribution in [0.15, 0.2) is 36.4 Å². The van der Waals surface area contributed by atoms with E-state index < -0.39 is 6.10 Å². The van der Waals surface area contributed by atoms with Gasteiger partial charge in [0, 0.05) is 6.54 Å². The maximum atomic E-state index is 10.2. The summed E-state index contributed by atoms with van der Waals surface area (Å²) in [5.74, 6) is 0.809. The van der Waals surface area contributed by atoms with Crippen LogP contribution >= 0.6 is 0 Å². The Morgan fingerprint density at radius 1 is 1.35 bits per heavy atom. The molecule has 0 spiro atoms. The Morgan fingerprint density at radius 2 is 2.00 bits per heavy atom. The summed E-state index contributed by atoms with van der Waals surface area (Å²) in [6, 6.07) is 7.64. The summed E-state index contributed by atoms with van der Waals surface area (Å²) in [4.78, 5) is 2.17. The first-order chi connectivity index (χ1) is 9.52. The average Bonchev–Trinajstić information content (AvgIpc) is 2.43. The van der Waals surface area contributed by atoms with Gasteiger partial charge in [0.1, 0.15) is 12.4 Å². The first-order valence-electron chi connectivity index (χ1n) is 7.26. The quantitative estimate of drug-likeness (QED) is 0.702. The van der Waals surface area contributed by atoms with E-state index >= 15 is 0 Å². The standard InChI is InChI=1S/C17H27NO2/c1-5-6-11-18(4)12-17(19)15-7-9-16(10-8-15)20-13-14(2)3/h7-10,17,19H,2,5-6,11-13H2,1,3-4H3. The fourth-order valence-electron chi connectivity index (χ4n) is 1.91. The molecule has 0 aromatic heterocycles. The fourth-order valence-corrected chi connectivity index (χ4v) is 1.91. The van der Waals surface area contributed by atoms with Gasteiger partial charge in [0.25, 0.3) is 0 Å². The fraction of sp³-hybridized carbons (Fsp3) is 0.529. The Hall–Kier alpha value is -1.32. The first-order valence-corrected chi connectivity index (χ1v) is 7.26. The summed E-state index contributed by atoms with van der Waals surface area (Å²) in [5, 5.41) is 10.2. The first kappa shape index (κ1) is 16.7. The van der Waals surface area contributed by atoms with E-state index in [-0.39, 0.29) is 0 Å². The third kappa shape index (κ3) is 6.22. The van der Waals surface area contributed by atoms with Crippen LogP contribution in [0.3, 0.4) is 0 Å². The van der Waals surface area contributed by atoms with E-state index in [0.717, 1.165) is 29.9 Å². The molecule has 0 radical (unpaired) electrons. The highest BCUT2D eigenvalue weighted by Gasteiger charge is 2.10. The number of aliphatic hydroxyl groups excluding tert-OH is 1. The largest absolute Gasteiger partial charge is 0.489 e. The van der Waals surface area contributed by atoms with Gasteiger partial charge in [-0.3, -0.25) is 0 Å². The van der Waals surface area contributed by atoms with Crippen LogP contribution in [0.2, 0.25) is 0 Å². The molecule has 0 saturated heterocycles. The van der Waals surface area contributed by atoms with Crippen molar-refractivity contribution in [3.05, 3.63) is 42.0 Å². The van der Waals surface area contributed by atoms with Crippen molar-refractivity contribution in [3.63, 3.8) is 0 Å². The molecule has 20 heavy (non-hydrogen) atoms. The Labute approximate surface area is 122 Å². The normalized spacial score (nSPS) is 12.4. The molecule has 0 aliphatic heterocycles. The lowest BCUT2D eigenvalue weighted by Gasteiger charge is -2.20. The molecule has 1 unspecified atom stereocenters. The van der Waals surface area contributed by atoms with Crippen molar-refractivity contribution in [2.45, 2.75) is 32.8 Å². The summed E-state index contributed by atoms with van der Waals surface area (Å²) in [5.41, 5.74) is 1.92. The van der Waals surface area contributed by atoms with Crippen molar-refractivity contribution in [1.29, 1.82) is 0 Å². The summed E-state index contributed by atoms with van der Waals surface area (Å²) in [6.45, 7) is 10.1. The summed E-state index contributed by atoms with van der Waals surface area (Å²) < 4.78 is 5.54. The number of ether oxygens (including phenoxy) is 1. The number of aliphatic hydroxyl groups is 1. The molecule has 0 bridgehead atoms. The molecule has 3 nitrogen and oxygen atoms in total. The van der Waals surface area contributed by atoms with Gasteiger partial charge >= 0.3 is 0 Å². The van der Waals surface area contributed by atoms with Crippen molar-refractivity contribution >= 4 is 0 Å². The second kappa shape index (κ2) is 8.77. The maximum absolute atomic E-state index is 10.2. The van der Waals surface area contributed by atoms with Crippen molar-refractivity contribution in [1.82, 2.24) is 4.90 Å². The predicted octanol–water partition coefficient (Wildman–Crippen LogP) is 3.41. The van der Waals surface area contributed by atoms with E-state index in [1.807, 2.05) is 38.2 Å². The zero-order valence-electron chi connectivity index (χ0n) is 12.9. The van der Waals surface area contributed by atoms with E-state index in [2.05, 4.69) is 18.4 Å². The number of hydrogen-bond donors (Lipinski definition) is 1. The van der Waals surface area contributed by atoms with Crippen LogP contribution in [0, 0.1) is 0 Å². The number of hydrogen-bond acceptors (Lipinski definition) is 3. The minimum atomic E-state index is -0.452. The van der Waals surface area contributed by atoms with Gasteiger partial charge in [0.15, 0.2) is 0 Å². The van der Waals surface area contributed by atoms with Crippen LogP contribution in [0.25, 0.3) is 0 Å². The molecule has 0 heterocycles. The molecule has 0 fully saturated rings. The second-order valence-corrected chi connectivity index (χ2v) is 5.45. The third-order valence-electron chi connectivity index (χ3n) is 3.13. The highest BCUT2D eigenvalue weighted by molar-refractivity contribution is 5.29. The molecular weight excluding hydrogens is 250 g/mol. The Kier molecular flexibility index (Phi) is 7.34. The van der Waals surface area contributed by atoms with Crippen LogP contribution in [-0.2, 0) is 0 Å². The lowest BCUT2D eigenvalue weighted by atomic mass is 10.1.